The zero-order valence-electron chi connectivity index (χ0n) is 13.1. The molecule has 0 spiro atoms. The van der Waals surface area contributed by atoms with E-state index < -0.39 is 0 Å². The topological polar surface area (TPSA) is 54.9 Å². The number of carbonyl (C=O) groups is 1. The van der Waals surface area contributed by atoms with Crippen molar-refractivity contribution in [2.75, 3.05) is 5.32 Å². The summed E-state index contributed by atoms with van der Waals surface area (Å²) < 4.78 is 0. The van der Waals surface area contributed by atoms with Crippen molar-refractivity contribution < 1.29 is 4.79 Å². The maximum Gasteiger partial charge on any atom is 0.257 e. The fraction of sp³-hybridized carbons (Fsp3) is 0.167. The number of amides is 1. The highest BCUT2D eigenvalue weighted by Crippen LogP contribution is 2.31. The first-order valence-corrected chi connectivity index (χ1v) is 8.82. The lowest BCUT2D eigenvalue weighted by Gasteiger charge is -2.11. The lowest BCUT2D eigenvalue weighted by molar-refractivity contribution is 0.102. The summed E-state index contributed by atoms with van der Waals surface area (Å²) in [7, 11) is 0. The van der Waals surface area contributed by atoms with Gasteiger partial charge in [-0.2, -0.15) is 0 Å². The van der Waals surface area contributed by atoms with E-state index in [0.29, 0.717) is 15.7 Å². The van der Waals surface area contributed by atoms with Gasteiger partial charge in [0.15, 0.2) is 0 Å². The molecule has 122 valence electrons. The van der Waals surface area contributed by atoms with Gasteiger partial charge in [-0.15, -0.1) is 10.2 Å². The van der Waals surface area contributed by atoms with Crippen molar-refractivity contribution in [2.24, 2.45) is 0 Å². The Hall–Kier alpha value is -2.24. The van der Waals surface area contributed by atoms with E-state index in [-0.39, 0.29) is 11.8 Å². The molecule has 3 aromatic rings. The van der Waals surface area contributed by atoms with Crippen LogP contribution in [0.4, 0.5) is 5.13 Å². The van der Waals surface area contributed by atoms with Crippen LogP contribution in [0.25, 0.3) is 0 Å². The minimum Gasteiger partial charge on any atom is -0.296 e. The van der Waals surface area contributed by atoms with Crippen LogP contribution in [-0.4, -0.2) is 16.1 Å². The molecule has 1 atom stereocenters. The molecule has 1 unspecified atom stereocenters. The average Bonchev–Trinajstić information content (AvgIpc) is 3.04. The number of benzene rings is 2. The van der Waals surface area contributed by atoms with E-state index in [0.717, 1.165) is 11.4 Å². The fourth-order valence-electron chi connectivity index (χ4n) is 2.46. The normalized spacial score (nSPS) is 11.9. The highest BCUT2D eigenvalue weighted by molar-refractivity contribution is 7.15. The van der Waals surface area contributed by atoms with Gasteiger partial charge in [0.05, 0.1) is 0 Å². The quantitative estimate of drug-likeness (QED) is 0.700. The number of hydrogen-bond acceptors (Lipinski definition) is 4. The molecule has 1 amide bonds. The summed E-state index contributed by atoms with van der Waals surface area (Å²) in [5.41, 5.74) is 1.69. The molecule has 0 aliphatic rings. The standard InChI is InChI=1S/C18H16ClN3OS/c1-2-15(12-7-4-3-5-8-12)17-21-22-18(24-17)20-16(23)13-9-6-10-14(19)11-13/h3-11,15H,2H2,1H3,(H,20,22,23). The predicted molar refractivity (Wildman–Crippen MR) is 97.9 cm³/mol. The molecule has 0 bridgehead atoms. The van der Waals surface area contributed by atoms with Gasteiger partial charge in [-0.05, 0) is 30.2 Å². The summed E-state index contributed by atoms with van der Waals surface area (Å²) in [6.07, 6.45) is 0.918. The van der Waals surface area contributed by atoms with Crippen molar-refractivity contribution in [3.05, 3.63) is 75.8 Å². The van der Waals surface area contributed by atoms with Gasteiger partial charge in [-0.25, -0.2) is 0 Å². The van der Waals surface area contributed by atoms with Gasteiger partial charge in [-0.1, -0.05) is 66.3 Å². The van der Waals surface area contributed by atoms with Crippen LogP contribution in [0.5, 0.6) is 0 Å². The van der Waals surface area contributed by atoms with Crippen molar-refractivity contribution in [3.8, 4) is 0 Å². The Morgan fingerprint density at radius 3 is 2.67 bits per heavy atom. The molecule has 0 saturated carbocycles. The summed E-state index contributed by atoms with van der Waals surface area (Å²) in [4.78, 5) is 12.3. The van der Waals surface area contributed by atoms with Gasteiger partial charge in [0, 0.05) is 16.5 Å². The van der Waals surface area contributed by atoms with Crippen LogP contribution in [0.2, 0.25) is 5.02 Å². The third-order valence-corrected chi connectivity index (χ3v) is 4.84. The smallest absolute Gasteiger partial charge is 0.257 e. The first kappa shape index (κ1) is 16.6. The fourth-order valence-corrected chi connectivity index (χ4v) is 3.60. The Labute approximate surface area is 149 Å². The number of carbonyl (C=O) groups excluding carboxylic acids is 1. The first-order chi connectivity index (χ1) is 11.7. The average molecular weight is 358 g/mol. The number of hydrogen-bond donors (Lipinski definition) is 1. The van der Waals surface area contributed by atoms with E-state index in [1.54, 1.807) is 24.3 Å². The van der Waals surface area contributed by atoms with Gasteiger partial charge in [0.1, 0.15) is 5.01 Å². The van der Waals surface area contributed by atoms with Crippen LogP contribution < -0.4 is 5.32 Å². The molecule has 1 aromatic heterocycles. The van der Waals surface area contributed by atoms with Crippen molar-refractivity contribution >= 4 is 34.0 Å². The summed E-state index contributed by atoms with van der Waals surface area (Å²) >= 11 is 7.32. The van der Waals surface area contributed by atoms with E-state index in [1.165, 1.54) is 16.9 Å². The molecular formula is C18H16ClN3OS. The highest BCUT2D eigenvalue weighted by atomic mass is 35.5. The second-order valence-electron chi connectivity index (χ2n) is 5.28. The molecule has 0 aliphatic carbocycles. The van der Waals surface area contributed by atoms with Gasteiger partial charge in [-0.3, -0.25) is 10.1 Å². The Morgan fingerprint density at radius 1 is 1.17 bits per heavy atom. The van der Waals surface area contributed by atoms with Crippen LogP contribution in [0.15, 0.2) is 54.6 Å². The van der Waals surface area contributed by atoms with E-state index >= 15 is 0 Å². The molecule has 6 heteroatoms. The van der Waals surface area contributed by atoms with Crippen molar-refractivity contribution in [1.82, 2.24) is 10.2 Å². The Morgan fingerprint density at radius 2 is 1.96 bits per heavy atom. The molecule has 1 N–H and O–H groups in total. The minimum absolute atomic E-state index is 0.181. The van der Waals surface area contributed by atoms with Crippen molar-refractivity contribution in [1.29, 1.82) is 0 Å². The van der Waals surface area contributed by atoms with Crippen molar-refractivity contribution in [3.63, 3.8) is 0 Å². The van der Waals surface area contributed by atoms with Crippen LogP contribution in [0, 0.1) is 0 Å². The summed E-state index contributed by atoms with van der Waals surface area (Å²) in [6, 6.07) is 17.0. The Bertz CT molecular complexity index is 835. The van der Waals surface area contributed by atoms with Gasteiger partial charge in [0.25, 0.3) is 5.91 Å². The second-order valence-corrected chi connectivity index (χ2v) is 6.73. The third kappa shape index (κ3) is 3.80. The summed E-state index contributed by atoms with van der Waals surface area (Å²) in [5.74, 6) is -0.0616. The number of nitrogens with zero attached hydrogens (tertiary/aromatic N) is 2. The molecule has 24 heavy (non-hydrogen) atoms. The zero-order chi connectivity index (χ0) is 16.9. The lowest BCUT2D eigenvalue weighted by atomic mass is 9.97. The molecule has 0 saturated heterocycles. The number of anilines is 1. The van der Waals surface area contributed by atoms with E-state index in [4.69, 9.17) is 11.6 Å². The van der Waals surface area contributed by atoms with E-state index in [9.17, 15) is 4.79 Å². The number of nitrogens with one attached hydrogen (secondary N) is 1. The molecule has 0 radical (unpaired) electrons. The number of halogens is 1. The van der Waals surface area contributed by atoms with Gasteiger partial charge >= 0.3 is 0 Å². The molecule has 2 aromatic carbocycles. The molecule has 3 rings (SSSR count). The molecule has 4 nitrogen and oxygen atoms in total. The minimum atomic E-state index is -0.243. The van der Waals surface area contributed by atoms with Crippen LogP contribution in [0.3, 0.4) is 0 Å². The van der Waals surface area contributed by atoms with Crippen LogP contribution in [-0.2, 0) is 0 Å². The summed E-state index contributed by atoms with van der Waals surface area (Å²) in [5, 5.41) is 13.0. The Kier molecular flexibility index (Phi) is 5.23. The highest BCUT2D eigenvalue weighted by Gasteiger charge is 2.18. The Balaban J connectivity index is 1.77. The number of rotatable bonds is 5. The predicted octanol–water partition coefficient (Wildman–Crippen LogP) is 4.99. The first-order valence-electron chi connectivity index (χ1n) is 7.62. The molecular weight excluding hydrogens is 342 g/mol. The van der Waals surface area contributed by atoms with Gasteiger partial charge in [0.2, 0.25) is 5.13 Å². The largest absolute Gasteiger partial charge is 0.296 e. The van der Waals surface area contributed by atoms with Crippen LogP contribution >= 0.6 is 22.9 Å². The van der Waals surface area contributed by atoms with Gasteiger partial charge < -0.3 is 0 Å². The third-order valence-electron chi connectivity index (χ3n) is 3.66. The summed E-state index contributed by atoms with van der Waals surface area (Å²) in [6.45, 7) is 2.11. The zero-order valence-corrected chi connectivity index (χ0v) is 14.6. The second kappa shape index (κ2) is 7.55. The number of aromatic nitrogens is 2. The SMILES string of the molecule is CCC(c1ccccc1)c1nnc(NC(=O)c2cccc(Cl)c2)s1. The maximum absolute atomic E-state index is 12.3. The molecule has 0 aliphatic heterocycles. The molecule has 1 heterocycles. The van der Waals surface area contributed by atoms with E-state index in [1.807, 2.05) is 18.2 Å². The van der Waals surface area contributed by atoms with E-state index in [2.05, 4.69) is 34.6 Å². The molecule has 0 fully saturated rings. The van der Waals surface area contributed by atoms with Crippen molar-refractivity contribution in [2.45, 2.75) is 19.3 Å². The lowest BCUT2D eigenvalue weighted by Crippen LogP contribution is -2.11. The maximum atomic E-state index is 12.3. The van der Waals surface area contributed by atoms with Crippen LogP contribution in [0.1, 0.15) is 40.2 Å². The monoisotopic (exact) mass is 357 g/mol.